The third kappa shape index (κ3) is 3.76. The summed E-state index contributed by atoms with van der Waals surface area (Å²) < 4.78 is 5.30. The molecule has 0 bridgehead atoms. The zero-order valence-electron chi connectivity index (χ0n) is 13.3. The number of aliphatic carboxylic acids is 1. The first-order valence-electron chi connectivity index (χ1n) is 7.45. The SMILES string of the molecule is COc1ccc2c(c1)CC(N(CC(=O)O)C(C)(C)C)CC2. The molecule has 0 radical (unpaired) electrons. The van der Waals surface area contributed by atoms with Crippen LogP contribution in [-0.2, 0) is 17.6 Å². The number of rotatable bonds is 4. The highest BCUT2D eigenvalue weighted by molar-refractivity contribution is 5.69. The summed E-state index contributed by atoms with van der Waals surface area (Å²) in [5.74, 6) is 0.108. The van der Waals surface area contributed by atoms with Crippen LogP contribution in [0.1, 0.15) is 38.3 Å². The average molecular weight is 291 g/mol. The van der Waals surface area contributed by atoms with Crippen LogP contribution in [0.3, 0.4) is 0 Å². The normalized spacial score (nSPS) is 18.4. The zero-order valence-corrected chi connectivity index (χ0v) is 13.3. The molecule has 0 aliphatic heterocycles. The molecule has 116 valence electrons. The third-order valence-electron chi connectivity index (χ3n) is 4.22. The predicted molar refractivity (Wildman–Crippen MR) is 82.9 cm³/mol. The second kappa shape index (κ2) is 6.06. The second-order valence-electron chi connectivity index (χ2n) is 6.72. The topological polar surface area (TPSA) is 49.8 Å². The van der Waals surface area contributed by atoms with E-state index in [1.54, 1.807) is 7.11 Å². The van der Waals surface area contributed by atoms with Crippen molar-refractivity contribution in [2.75, 3.05) is 13.7 Å². The number of carbonyl (C=O) groups is 1. The molecule has 1 aliphatic carbocycles. The summed E-state index contributed by atoms with van der Waals surface area (Å²) in [6.07, 6.45) is 2.89. The van der Waals surface area contributed by atoms with Crippen LogP contribution < -0.4 is 4.74 Å². The Morgan fingerprint density at radius 1 is 1.38 bits per heavy atom. The highest BCUT2D eigenvalue weighted by atomic mass is 16.5. The van der Waals surface area contributed by atoms with Gasteiger partial charge in [0.25, 0.3) is 0 Å². The Morgan fingerprint density at radius 3 is 2.67 bits per heavy atom. The van der Waals surface area contributed by atoms with E-state index < -0.39 is 5.97 Å². The molecule has 21 heavy (non-hydrogen) atoms. The number of aryl methyl sites for hydroxylation is 1. The van der Waals surface area contributed by atoms with Gasteiger partial charge in [-0.1, -0.05) is 6.07 Å². The van der Waals surface area contributed by atoms with Crippen molar-refractivity contribution in [2.24, 2.45) is 0 Å². The fourth-order valence-electron chi connectivity index (χ4n) is 3.17. The number of methoxy groups -OCH3 is 1. The van der Waals surface area contributed by atoms with Gasteiger partial charge in [-0.05, 0) is 63.3 Å². The van der Waals surface area contributed by atoms with Gasteiger partial charge in [-0.15, -0.1) is 0 Å². The Hall–Kier alpha value is -1.55. The standard InChI is InChI=1S/C17H25NO3/c1-17(2,3)18(11-16(19)20)14-7-5-12-6-8-15(21-4)10-13(12)9-14/h6,8,10,14H,5,7,9,11H2,1-4H3,(H,19,20). The largest absolute Gasteiger partial charge is 0.497 e. The summed E-state index contributed by atoms with van der Waals surface area (Å²) in [7, 11) is 1.67. The maximum atomic E-state index is 11.2. The molecule has 1 aliphatic rings. The van der Waals surface area contributed by atoms with Gasteiger partial charge in [0.2, 0.25) is 0 Å². The summed E-state index contributed by atoms with van der Waals surface area (Å²) in [6.45, 7) is 6.33. The van der Waals surface area contributed by atoms with Crippen LogP contribution in [0.2, 0.25) is 0 Å². The number of benzene rings is 1. The van der Waals surface area contributed by atoms with Crippen molar-refractivity contribution in [2.45, 2.75) is 51.6 Å². The summed E-state index contributed by atoms with van der Waals surface area (Å²) in [5, 5.41) is 9.19. The van der Waals surface area contributed by atoms with E-state index in [4.69, 9.17) is 4.74 Å². The number of carboxylic acids is 1. The van der Waals surface area contributed by atoms with Crippen molar-refractivity contribution >= 4 is 5.97 Å². The first-order chi connectivity index (χ1) is 9.81. The third-order valence-corrected chi connectivity index (χ3v) is 4.22. The molecule has 0 saturated heterocycles. The smallest absolute Gasteiger partial charge is 0.317 e. The van der Waals surface area contributed by atoms with Gasteiger partial charge in [-0.2, -0.15) is 0 Å². The summed E-state index contributed by atoms with van der Waals surface area (Å²) in [6, 6.07) is 6.48. The molecule has 1 aromatic rings. The lowest BCUT2D eigenvalue weighted by molar-refractivity contribution is -0.140. The van der Waals surface area contributed by atoms with Gasteiger partial charge in [0.05, 0.1) is 13.7 Å². The van der Waals surface area contributed by atoms with Crippen LogP contribution in [0.4, 0.5) is 0 Å². The number of hydrogen-bond donors (Lipinski definition) is 1. The lowest BCUT2D eigenvalue weighted by Crippen LogP contribution is -2.52. The Kier molecular flexibility index (Phi) is 4.57. The molecule has 0 fully saturated rings. The second-order valence-corrected chi connectivity index (χ2v) is 6.72. The lowest BCUT2D eigenvalue weighted by atomic mass is 9.85. The van der Waals surface area contributed by atoms with Gasteiger partial charge in [0.15, 0.2) is 0 Å². The minimum Gasteiger partial charge on any atom is -0.497 e. The molecule has 4 nitrogen and oxygen atoms in total. The van der Waals surface area contributed by atoms with Crippen molar-refractivity contribution in [1.82, 2.24) is 4.90 Å². The average Bonchev–Trinajstić information content (AvgIpc) is 2.42. The van der Waals surface area contributed by atoms with Crippen molar-refractivity contribution in [3.05, 3.63) is 29.3 Å². The van der Waals surface area contributed by atoms with Gasteiger partial charge in [0.1, 0.15) is 5.75 Å². The minimum atomic E-state index is -0.763. The van der Waals surface area contributed by atoms with Crippen LogP contribution in [0, 0.1) is 0 Å². The molecule has 0 amide bonds. The van der Waals surface area contributed by atoms with E-state index in [0.717, 1.165) is 25.0 Å². The highest BCUT2D eigenvalue weighted by Gasteiger charge is 2.32. The monoisotopic (exact) mass is 291 g/mol. The molecule has 1 aromatic carbocycles. The van der Waals surface area contributed by atoms with E-state index in [-0.39, 0.29) is 18.1 Å². The number of hydrogen-bond acceptors (Lipinski definition) is 3. The Morgan fingerprint density at radius 2 is 2.10 bits per heavy atom. The van der Waals surface area contributed by atoms with Crippen molar-refractivity contribution in [1.29, 1.82) is 0 Å². The van der Waals surface area contributed by atoms with E-state index in [0.29, 0.717) is 0 Å². The van der Waals surface area contributed by atoms with E-state index in [9.17, 15) is 9.90 Å². The molecule has 1 N–H and O–H groups in total. The van der Waals surface area contributed by atoms with E-state index >= 15 is 0 Å². The number of nitrogens with zero attached hydrogens (tertiary/aromatic N) is 1. The molecule has 4 heteroatoms. The molecule has 1 atom stereocenters. The Bertz CT molecular complexity index is 519. The van der Waals surface area contributed by atoms with Crippen LogP contribution >= 0.6 is 0 Å². The van der Waals surface area contributed by atoms with Gasteiger partial charge in [0, 0.05) is 11.6 Å². The Balaban J connectivity index is 2.23. The minimum absolute atomic E-state index is 0.0907. The van der Waals surface area contributed by atoms with Crippen LogP contribution in [-0.4, -0.2) is 41.2 Å². The molecular formula is C17H25NO3. The van der Waals surface area contributed by atoms with Crippen LogP contribution in [0.15, 0.2) is 18.2 Å². The summed E-state index contributed by atoms with van der Waals surface area (Å²) in [4.78, 5) is 13.3. The van der Waals surface area contributed by atoms with Gasteiger partial charge < -0.3 is 9.84 Å². The maximum Gasteiger partial charge on any atom is 0.317 e. The molecule has 0 aromatic heterocycles. The van der Waals surface area contributed by atoms with Crippen molar-refractivity contribution in [3.63, 3.8) is 0 Å². The first kappa shape index (κ1) is 15.8. The molecule has 1 unspecified atom stereocenters. The quantitative estimate of drug-likeness (QED) is 0.926. The molecule has 0 heterocycles. The lowest BCUT2D eigenvalue weighted by Gasteiger charge is -2.42. The molecule has 0 spiro atoms. The maximum absolute atomic E-state index is 11.2. The molecule has 0 saturated carbocycles. The highest BCUT2D eigenvalue weighted by Crippen LogP contribution is 2.30. The van der Waals surface area contributed by atoms with Crippen LogP contribution in [0.5, 0.6) is 5.75 Å². The van der Waals surface area contributed by atoms with E-state index in [2.05, 4.69) is 37.8 Å². The van der Waals surface area contributed by atoms with E-state index in [1.807, 2.05) is 6.07 Å². The van der Waals surface area contributed by atoms with Gasteiger partial charge in [-0.25, -0.2) is 0 Å². The number of ether oxygens (including phenoxy) is 1. The van der Waals surface area contributed by atoms with Crippen molar-refractivity contribution in [3.8, 4) is 5.75 Å². The molecule has 2 rings (SSSR count). The van der Waals surface area contributed by atoms with E-state index in [1.165, 1.54) is 11.1 Å². The zero-order chi connectivity index (χ0) is 15.6. The van der Waals surface area contributed by atoms with Gasteiger partial charge >= 0.3 is 5.97 Å². The number of carboxylic acid groups (broad SMARTS) is 1. The number of fused-ring (bicyclic) bond motifs is 1. The molecular weight excluding hydrogens is 266 g/mol. The fraction of sp³-hybridized carbons (Fsp3) is 0.588. The van der Waals surface area contributed by atoms with Crippen LogP contribution in [0.25, 0.3) is 0 Å². The summed E-state index contributed by atoms with van der Waals surface area (Å²) in [5.41, 5.74) is 2.49. The fourth-order valence-corrected chi connectivity index (χ4v) is 3.17. The predicted octanol–water partition coefficient (Wildman–Crippen LogP) is 2.74. The Labute approximate surface area is 126 Å². The summed E-state index contributed by atoms with van der Waals surface area (Å²) >= 11 is 0. The first-order valence-corrected chi connectivity index (χ1v) is 7.45. The van der Waals surface area contributed by atoms with Crippen molar-refractivity contribution < 1.29 is 14.6 Å². The van der Waals surface area contributed by atoms with Gasteiger partial charge in [-0.3, -0.25) is 9.69 Å².